The highest BCUT2D eigenvalue weighted by molar-refractivity contribution is 7.92. The Labute approximate surface area is 132 Å². The highest BCUT2D eigenvalue weighted by Crippen LogP contribution is 2.29. The van der Waals surface area contributed by atoms with Gasteiger partial charge in [0.1, 0.15) is 0 Å². The molecule has 0 amide bonds. The van der Waals surface area contributed by atoms with Gasteiger partial charge in [0.05, 0.1) is 17.1 Å². The molecule has 0 atom stereocenters. The number of rotatable bonds is 4. The van der Waals surface area contributed by atoms with E-state index in [-0.39, 0.29) is 5.75 Å². The second kappa shape index (κ2) is 6.05. The zero-order valence-corrected chi connectivity index (χ0v) is 14.5. The van der Waals surface area contributed by atoms with Crippen molar-refractivity contribution in [3.8, 4) is 0 Å². The summed E-state index contributed by atoms with van der Waals surface area (Å²) in [7, 11) is -3.98. The summed E-state index contributed by atoms with van der Waals surface area (Å²) in [4.78, 5) is 0. The fourth-order valence-electron chi connectivity index (χ4n) is 2.30. The predicted molar refractivity (Wildman–Crippen MR) is 87.8 cm³/mol. The molecular weight excluding hydrogens is 326 g/mol. The van der Waals surface area contributed by atoms with Crippen molar-refractivity contribution in [2.45, 2.75) is 19.8 Å². The molecule has 0 unspecified atom stereocenters. The first kappa shape index (κ1) is 17.0. The third kappa shape index (κ3) is 3.53. The van der Waals surface area contributed by atoms with E-state index in [4.69, 9.17) is 0 Å². The maximum atomic E-state index is 12.1. The van der Waals surface area contributed by atoms with E-state index in [1.165, 1.54) is 18.4 Å². The van der Waals surface area contributed by atoms with Crippen LogP contribution >= 0.6 is 0 Å². The van der Waals surface area contributed by atoms with Crippen LogP contribution in [0.4, 0.5) is 11.4 Å². The van der Waals surface area contributed by atoms with Crippen molar-refractivity contribution < 1.29 is 16.8 Å². The maximum absolute atomic E-state index is 12.1. The average molecular weight is 347 g/mol. The smallest absolute Gasteiger partial charge is 0.271 e. The highest BCUT2D eigenvalue weighted by atomic mass is 32.2. The summed E-state index contributed by atoms with van der Waals surface area (Å²) in [6.07, 6.45) is 1.51. The van der Waals surface area contributed by atoms with Crippen molar-refractivity contribution in [3.63, 3.8) is 0 Å². The van der Waals surface area contributed by atoms with Crippen LogP contribution < -0.4 is 9.03 Å². The molecule has 0 saturated carbocycles. The molecule has 1 aliphatic rings. The molecule has 1 aromatic carbocycles. The zero-order valence-electron chi connectivity index (χ0n) is 12.9. The lowest BCUT2D eigenvalue weighted by molar-refractivity contribution is 0.527. The molecule has 1 heterocycles. The number of benzene rings is 1. The fourth-order valence-corrected chi connectivity index (χ4v) is 4.61. The van der Waals surface area contributed by atoms with Gasteiger partial charge in [-0.15, -0.1) is 0 Å². The molecule has 124 valence electrons. The van der Waals surface area contributed by atoms with E-state index in [1.54, 1.807) is 25.1 Å². The minimum atomic E-state index is -3.58. The van der Waals surface area contributed by atoms with Crippen molar-refractivity contribution in [1.29, 1.82) is 0 Å². The number of anilines is 2. The summed E-state index contributed by atoms with van der Waals surface area (Å²) < 4.78 is 52.8. The largest absolute Gasteiger partial charge is 0.301 e. The van der Waals surface area contributed by atoms with E-state index in [9.17, 15) is 16.8 Å². The van der Waals surface area contributed by atoms with Gasteiger partial charge in [-0.1, -0.05) is 0 Å². The van der Waals surface area contributed by atoms with Gasteiger partial charge in [0.25, 0.3) is 0 Å². The first-order valence-electron chi connectivity index (χ1n) is 6.95. The third-order valence-corrected chi connectivity index (χ3v) is 6.85. The van der Waals surface area contributed by atoms with Crippen LogP contribution in [0.3, 0.4) is 0 Å². The molecule has 1 saturated heterocycles. The molecular formula is C13H21N3O4S2. The van der Waals surface area contributed by atoms with Crippen LogP contribution in [0.2, 0.25) is 0 Å². The van der Waals surface area contributed by atoms with Gasteiger partial charge in [-0.25, -0.2) is 8.42 Å². The Hall–Kier alpha value is -1.32. The minimum Gasteiger partial charge on any atom is -0.271 e. The van der Waals surface area contributed by atoms with E-state index >= 15 is 0 Å². The van der Waals surface area contributed by atoms with Crippen LogP contribution in [-0.4, -0.2) is 47.5 Å². The van der Waals surface area contributed by atoms with Gasteiger partial charge in [-0.2, -0.15) is 12.7 Å². The monoisotopic (exact) mass is 347 g/mol. The lowest BCUT2D eigenvalue weighted by Gasteiger charge is -2.29. The van der Waals surface area contributed by atoms with Gasteiger partial charge in [-0.05, 0) is 43.5 Å². The van der Waals surface area contributed by atoms with Crippen molar-refractivity contribution in [2.75, 3.05) is 35.4 Å². The number of sulfonamides is 1. The topological polar surface area (TPSA) is 86.8 Å². The second-order valence-corrected chi connectivity index (χ2v) is 9.38. The summed E-state index contributed by atoms with van der Waals surface area (Å²) in [5, 5.41) is 0. The number of nitrogens with one attached hydrogen (secondary N) is 1. The van der Waals surface area contributed by atoms with Gasteiger partial charge in [0.2, 0.25) is 10.0 Å². The number of hydrogen-bond donors (Lipinski definition) is 1. The van der Waals surface area contributed by atoms with Crippen LogP contribution in [0.5, 0.6) is 0 Å². The van der Waals surface area contributed by atoms with E-state index in [1.807, 2.05) is 0 Å². The van der Waals surface area contributed by atoms with Crippen molar-refractivity contribution >= 4 is 31.6 Å². The zero-order chi connectivity index (χ0) is 16.5. The fraction of sp³-hybridized carbons (Fsp3) is 0.538. The van der Waals surface area contributed by atoms with Crippen LogP contribution in [0.25, 0.3) is 0 Å². The predicted octanol–water partition coefficient (Wildman–Crippen LogP) is 1.14. The standard InChI is InChI=1S/C13H21N3O4S2/c1-11-10-12(14-22(19,20)15(2)3)6-7-13(11)16-8-4-5-9-21(16,17)18/h6-7,10,14H,4-5,8-9H2,1-3H3. The SMILES string of the molecule is Cc1cc(NS(=O)(=O)N(C)C)ccc1N1CCCCS1(=O)=O. The lowest BCUT2D eigenvalue weighted by atomic mass is 10.1. The van der Waals surface area contributed by atoms with Gasteiger partial charge >= 0.3 is 10.2 Å². The Kier molecular flexibility index (Phi) is 4.69. The Balaban J connectivity index is 2.31. The molecule has 1 aromatic rings. The number of aryl methyl sites for hydroxylation is 1. The maximum Gasteiger partial charge on any atom is 0.301 e. The van der Waals surface area contributed by atoms with E-state index in [0.717, 1.165) is 10.7 Å². The van der Waals surface area contributed by atoms with Crippen LogP contribution in [0, 0.1) is 6.92 Å². The number of nitrogens with zero attached hydrogens (tertiary/aromatic N) is 2. The molecule has 0 aromatic heterocycles. The molecule has 2 rings (SSSR count). The average Bonchev–Trinajstić information content (AvgIpc) is 2.39. The molecule has 0 aliphatic carbocycles. The first-order valence-corrected chi connectivity index (χ1v) is 10.00. The molecule has 1 N–H and O–H groups in total. The Bertz CT molecular complexity index is 757. The molecule has 22 heavy (non-hydrogen) atoms. The van der Waals surface area contributed by atoms with Crippen LogP contribution in [0.15, 0.2) is 18.2 Å². The molecule has 1 fully saturated rings. The molecule has 7 nitrogen and oxygen atoms in total. The van der Waals surface area contributed by atoms with Gasteiger partial charge in [0.15, 0.2) is 0 Å². The molecule has 0 spiro atoms. The number of hydrogen-bond acceptors (Lipinski definition) is 4. The second-order valence-electron chi connectivity index (χ2n) is 5.49. The Morgan fingerprint density at radius 1 is 1.23 bits per heavy atom. The summed E-state index contributed by atoms with van der Waals surface area (Å²) in [6, 6.07) is 4.86. The van der Waals surface area contributed by atoms with Gasteiger partial charge in [-0.3, -0.25) is 9.03 Å². The van der Waals surface area contributed by atoms with Crippen molar-refractivity contribution in [1.82, 2.24) is 4.31 Å². The quantitative estimate of drug-likeness (QED) is 0.885. The first-order chi connectivity index (χ1) is 10.1. The molecule has 1 aliphatic heterocycles. The van der Waals surface area contributed by atoms with Gasteiger partial charge < -0.3 is 0 Å². The summed E-state index contributed by atoms with van der Waals surface area (Å²) in [5.74, 6) is 0.154. The normalized spacial score (nSPS) is 18.5. The van der Waals surface area contributed by atoms with Crippen LogP contribution in [-0.2, 0) is 20.2 Å². The van der Waals surface area contributed by atoms with E-state index in [0.29, 0.717) is 29.9 Å². The Morgan fingerprint density at radius 2 is 1.91 bits per heavy atom. The molecule has 0 radical (unpaired) electrons. The molecule has 0 bridgehead atoms. The molecule has 9 heteroatoms. The third-order valence-electron chi connectivity index (χ3n) is 3.54. The summed E-state index contributed by atoms with van der Waals surface area (Å²) in [5.41, 5.74) is 1.72. The van der Waals surface area contributed by atoms with E-state index in [2.05, 4.69) is 4.72 Å². The lowest BCUT2D eigenvalue weighted by Crippen LogP contribution is -2.38. The van der Waals surface area contributed by atoms with E-state index < -0.39 is 20.2 Å². The highest BCUT2D eigenvalue weighted by Gasteiger charge is 2.27. The summed E-state index contributed by atoms with van der Waals surface area (Å²) >= 11 is 0. The van der Waals surface area contributed by atoms with Gasteiger partial charge in [0, 0.05) is 20.6 Å². The summed E-state index contributed by atoms with van der Waals surface area (Å²) in [6.45, 7) is 2.23. The van der Waals surface area contributed by atoms with Crippen molar-refractivity contribution in [3.05, 3.63) is 23.8 Å². The van der Waals surface area contributed by atoms with Crippen molar-refractivity contribution in [2.24, 2.45) is 0 Å². The Morgan fingerprint density at radius 3 is 2.45 bits per heavy atom. The minimum absolute atomic E-state index is 0.154. The van der Waals surface area contributed by atoms with Crippen LogP contribution in [0.1, 0.15) is 18.4 Å².